The fourth-order valence-electron chi connectivity index (χ4n) is 2.68. The van der Waals surface area contributed by atoms with E-state index in [1.54, 1.807) is 36.1 Å². The van der Waals surface area contributed by atoms with Crippen LogP contribution in [0.15, 0.2) is 54.1 Å². The van der Waals surface area contributed by atoms with E-state index in [-0.39, 0.29) is 11.8 Å². The lowest BCUT2D eigenvalue weighted by Gasteiger charge is -2.13. The Morgan fingerprint density at radius 3 is 2.16 bits per heavy atom. The molecule has 3 aromatic rings. The van der Waals surface area contributed by atoms with Crippen molar-refractivity contribution < 1.29 is 36.0 Å². The lowest BCUT2D eigenvalue weighted by Crippen LogP contribution is -2.20. The number of anilines is 1. The van der Waals surface area contributed by atoms with E-state index >= 15 is 0 Å². The molecule has 8 nitrogen and oxygen atoms in total. The van der Waals surface area contributed by atoms with Gasteiger partial charge in [-0.3, -0.25) is 14.8 Å². The topological polar surface area (TPSA) is 99.5 Å². The van der Waals surface area contributed by atoms with Crippen LogP contribution >= 0.6 is 0 Å². The molecule has 0 aliphatic heterocycles. The van der Waals surface area contributed by atoms with Crippen molar-refractivity contribution in [2.45, 2.75) is 12.4 Å². The molecule has 0 aliphatic rings. The summed E-state index contributed by atoms with van der Waals surface area (Å²) < 4.78 is 80.8. The maximum Gasteiger partial charge on any atom is 0.438 e. The maximum absolute atomic E-state index is 13.0. The number of oxime groups is 1. The van der Waals surface area contributed by atoms with Gasteiger partial charge in [0.1, 0.15) is 5.69 Å². The number of amides is 1. The Balaban J connectivity index is 1.81. The number of nitrogens with two attached hydrogens (primary N) is 1. The number of carbonyl (C=O) groups excluding carboxylic acids is 1. The summed E-state index contributed by atoms with van der Waals surface area (Å²) >= 11 is 0. The minimum Gasteiger partial charge on any atom is -0.380 e. The standard InChI is InChI=1S/C18H14F6N6O2/c1-29-15(30-4-2-3-5-30)13(9-26-29)27-16(31)32-28-14(25)10-6-11(17(19,20)21)8-12(7-10)18(22,23)24/h2-9H,1H3,(H2,25,28)(H,27,31). The van der Waals surface area contributed by atoms with E-state index < -0.39 is 41.0 Å². The van der Waals surface area contributed by atoms with E-state index in [1.807, 2.05) is 0 Å². The molecule has 0 unspecified atom stereocenters. The van der Waals surface area contributed by atoms with Crippen LogP contribution in [0.3, 0.4) is 0 Å². The van der Waals surface area contributed by atoms with Crippen LogP contribution in [0.2, 0.25) is 0 Å². The van der Waals surface area contributed by atoms with Gasteiger partial charge in [-0.25, -0.2) is 4.79 Å². The molecule has 3 rings (SSSR count). The zero-order chi connectivity index (χ0) is 23.7. The summed E-state index contributed by atoms with van der Waals surface area (Å²) in [6.07, 6.45) is -6.68. The Bertz CT molecular complexity index is 1120. The van der Waals surface area contributed by atoms with E-state index in [1.165, 1.54) is 10.9 Å². The van der Waals surface area contributed by atoms with Gasteiger partial charge in [-0.2, -0.15) is 31.4 Å². The molecule has 3 N–H and O–H groups in total. The van der Waals surface area contributed by atoms with Gasteiger partial charge in [0.05, 0.1) is 17.3 Å². The number of nitrogens with one attached hydrogen (secondary N) is 1. The van der Waals surface area contributed by atoms with Crippen molar-refractivity contribution in [3.8, 4) is 5.82 Å². The molecule has 2 aromatic heterocycles. The Labute approximate surface area is 175 Å². The smallest absolute Gasteiger partial charge is 0.380 e. The van der Waals surface area contributed by atoms with Crippen LogP contribution in [0, 0.1) is 0 Å². The van der Waals surface area contributed by atoms with E-state index in [4.69, 9.17) is 5.73 Å². The van der Waals surface area contributed by atoms with E-state index in [0.717, 1.165) is 0 Å². The number of rotatable bonds is 4. The van der Waals surface area contributed by atoms with Gasteiger partial charge in [0, 0.05) is 25.0 Å². The third-order valence-electron chi connectivity index (χ3n) is 4.10. The number of aromatic nitrogens is 3. The minimum atomic E-state index is -5.07. The van der Waals surface area contributed by atoms with Gasteiger partial charge >= 0.3 is 18.4 Å². The van der Waals surface area contributed by atoms with Gasteiger partial charge in [0.25, 0.3) is 0 Å². The lowest BCUT2D eigenvalue weighted by atomic mass is 10.0. The van der Waals surface area contributed by atoms with Crippen LogP contribution in [0.1, 0.15) is 16.7 Å². The second-order valence-electron chi connectivity index (χ2n) is 6.37. The molecule has 0 saturated heterocycles. The van der Waals surface area contributed by atoms with Gasteiger partial charge in [0.15, 0.2) is 11.7 Å². The Kier molecular flexibility index (Phi) is 5.88. The molecule has 0 spiro atoms. The summed E-state index contributed by atoms with van der Waals surface area (Å²) in [5.74, 6) is -0.426. The maximum atomic E-state index is 13.0. The predicted molar refractivity (Wildman–Crippen MR) is 99.8 cm³/mol. The highest BCUT2D eigenvalue weighted by molar-refractivity contribution is 5.98. The second-order valence-corrected chi connectivity index (χ2v) is 6.37. The van der Waals surface area contributed by atoms with Gasteiger partial charge < -0.3 is 10.3 Å². The summed E-state index contributed by atoms with van der Waals surface area (Å²) in [7, 11) is 1.61. The summed E-state index contributed by atoms with van der Waals surface area (Å²) in [5.41, 5.74) is 1.76. The van der Waals surface area contributed by atoms with Gasteiger partial charge in [0.2, 0.25) is 0 Å². The molecule has 0 fully saturated rings. The number of nitrogens with zero attached hydrogens (tertiary/aromatic N) is 4. The number of benzene rings is 1. The van der Waals surface area contributed by atoms with Crippen molar-refractivity contribution in [1.82, 2.24) is 14.3 Å². The van der Waals surface area contributed by atoms with Crippen molar-refractivity contribution in [2.75, 3.05) is 5.32 Å². The van der Waals surface area contributed by atoms with Crippen molar-refractivity contribution in [3.63, 3.8) is 0 Å². The Morgan fingerprint density at radius 2 is 1.62 bits per heavy atom. The molecule has 0 radical (unpaired) electrons. The second kappa shape index (κ2) is 8.28. The average molecular weight is 460 g/mol. The van der Waals surface area contributed by atoms with Gasteiger partial charge in [-0.15, -0.1) is 0 Å². The summed E-state index contributed by atoms with van der Waals surface area (Å²) in [6.45, 7) is 0. The van der Waals surface area contributed by atoms with E-state index in [9.17, 15) is 31.1 Å². The highest BCUT2D eigenvalue weighted by Gasteiger charge is 2.37. The highest BCUT2D eigenvalue weighted by Crippen LogP contribution is 2.36. The zero-order valence-corrected chi connectivity index (χ0v) is 16.1. The summed E-state index contributed by atoms with van der Waals surface area (Å²) in [6, 6.07) is 4.12. The Hall–Kier alpha value is -3.97. The normalized spacial score (nSPS) is 12.7. The first-order valence-electron chi connectivity index (χ1n) is 8.63. The van der Waals surface area contributed by atoms with Crippen LogP contribution in [-0.4, -0.2) is 26.3 Å². The predicted octanol–water partition coefficient (Wildman–Crippen LogP) is 4.12. The van der Waals surface area contributed by atoms with Gasteiger partial charge in [-0.1, -0.05) is 5.16 Å². The molecule has 0 atom stereocenters. The molecule has 2 heterocycles. The van der Waals surface area contributed by atoms with Crippen LogP contribution in [0.5, 0.6) is 0 Å². The number of alkyl halides is 6. The van der Waals surface area contributed by atoms with Crippen LogP contribution in [0.25, 0.3) is 5.82 Å². The average Bonchev–Trinajstić information content (AvgIpc) is 3.34. The fraction of sp³-hybridized carbons (Fsp3) is 0.167. The number of halogens is 6. The summed E-state index contributed by atoms with van der Waals surface area (Å²) in [5, 5.41) is 9.45. The first-order chi connectivity index (χ1) is 14.9. The number of hydrogen-bond acceptors (Lipinski definition) is 4. The highest BCUT2D eigenvalue weighted by atomic mass is 19.4. The number of aryl methyl sites for hydroxylation is 1. The quantitative estimate of drug-likeness (QED) is 0.201. The van der Waals surface area contributed by atoms with Crippen LogP contribution in [-0.2, 0) is 24.2 Å². The molecule has 0 saturated carbocycles. The molecule has 170 valence electrons. The number of carbonyl (C=O) groups is 1. The number of amidine groups is 1. The molecule has 0 bridgehead atoms. The van der Waals surface area contributed by atoms with Crippen LogP contribution < -0.4 is 11.1 Å². The third kappa shape index (κ3) is 5.01. The fourth-order valence-corrected chi connectivity index (χ4v) is 2.68. The molecule has 1 amide bonds. The van der Waals surface area contributed by atoms with Crippen molar-refractivity contribution in [1.29, 1.82) is 0 Å². The SMILES string of the molecule is Cn1ncc(NC(=O)ON=C(N)c2cc(C(F)(F)F)cc(C(F)(F)F)c2)c1-n1cccc1. The van der Waals surface area contributed by atoms with Crippen molar-refractivity contribution >= 4 is 17.6 Å². The first-order valence-corrected chi connectivity index (χ1v) is 8.63. The van der Waals surface area contributed by atoms with Crippen molar-refractivity contribution in [2.24, 2.45) is 17.9 Å². The van der Waals surface area contributed by atoms with Crippen LogP contribution in [0.4, 0.5) is 36.8 Å². The molecule has 0 aliphatic carbocycles. The van der Waals surface area contributed by atoms with Crippen molar-refractivity contribution in [3.05, 3.63) is 65.6 Å². The molecule has 32 heavy (non-hydrogen) atoms. The minimum absolute atomic E-state index is 0.0600. The third-order valence-corrected chi connectivity index (χ3v) is 4.10. The molecular formula is C18H14F6N6O2. The largest absolute Gasteiger partial charge is 0.438 e. The zero-order valence-electron chi connectivity index (χ0n) is 16.1. The van der Waals surface area contributed by atoms with Gasteiger partial charge in [-0.05, 0) is 30.3 Å². The molecular weight excluding hydrogens is 446 g/mol. The lowest BCUT2D eigenvalue weighted by molar-refractivity contribution is -0.143. The monoisotopic (exact) mass is 460 g/mol. The van der Waals surface area contributed by atoms with E-state index in [0.29, 0.717) is 18.0 Å². The molecule has 1 aromatic carbocycles. The van der Waals surface area contributed by atoms with E-state index in [2.05, 4.69) is 20.4 Å². The molecule has 14 heteroatoms. The Morgan fingerprint density at radius 1 is 1.06 bits per heavy atom. The summed E-state index contributed by atoms with van der Waals surface area (Å²) in [4.78, 5) is 16.5. The first kappa shape index (κ1) is 22.7. The number of hydrogen-bond donors (Lipinski definition) is 2.